The Labute approximate surface area is 144 Å². The lowest BCUT2D eigenvalue weighted by Crippen LogP contribution is -2.48. The van der Waals surface area contributed by atoms with Crippen LogP contribution in [-0.2, 0) is 19.6 Å². The molecule has 0 aliphatic heterocycles. The normalized spacial score (nSPS) is 12.5. The van der Waals surface area contributed by atoms with Gasteiger partial charge in [0.25, 0.3) is 0 Å². The number of carbonyl (C=O) groups is 1. The van der Waals surface area contributed by atoms with E-state index < -0.39 is 16.1 Å². The molecule has 0 fully saturated rings. The van der Waals surface area contributed by atoms with Crippen molar-refractivity contribution >= 4 is 21.6 Å². The van der Waals surface area contributed by atoms with Crippen molar-refractivity contribution < 1.29 is 22.7 Å². The quantitative estimate of drug-likeness (QED) is 0.639. The van der Waals surface area contributed by atoms with E-state index in [4.69, 9.17) is 9.47 Å². The molecule has 24 heavy (non-hydrogen) atoms. The van der Waals surface area contributed by atoms with Crippen molar-refractivity contribution in [1.29, 1.82) is 0 Å². The van der Waals surface area contributed by atoms with E-state index in [9.17, 15) is 13.2 Å². The second kappa shape index (κ2) is 9.48. The van der Waals surface area contributed by atoms with Gasteiger partial charge in [0.2, 0.25) is 15.9 Å². The lowest BCUT2D eigenvalue weighted by atomic mass is 10.2. The molecule has 8 heteroatoms. The number of ether oxygens (including phenoxy) is 2. The van der Waals surface area contributed by atoms with Gasteiger partial charge in [0, 0.05) is 19.8 Å². The third kappa shape index (κ3) is 6.01. The van der Waals surface area contributed by atoms with Crippen LogP contribution < -0.4 is 14.4 Å². The molecule has 1 amide bonds. The standard InChI is InChI=1S/C16H26N2O5S/c1-5-23-12-6-11-17-16(19)13(2)18(24(4,20)21)14-7-9-15(22-3)10-8-14/h7-10,13H,5-6,11-12H2,1-4H3,(H,17,19)/t13-/m0/s1. The summed E-state index contributed by atoms with van der Waals surface area (Å²) in [6.45, 7) is 5.08. The number of amides is 1. The van der Waals surface area contributed by atoms with Crippen LogP contribution in [0.2, 0.25) is 0 Å². The number of carbonyl (C=O) groups excluding carboxylic acids is 1. The molecule has 7 nitrogen and oxygen atoms in total. The molecule has 1 aromatic carbocycles. The van der Waals surface area contributed by atoms with Crippen LogP contribution in [0.25, 0.3) is 0 Å². The molecule has 0 aromatic heterocycles. The highest BCUT2D eigenvalue weighted by atomic mass is 32.2. The third-order valence-electron chi connectivity index (χ3n) is 3.38. The van der Waals surface area contributed by atoms with Gasteiger partial charge in [-0.05, 0) is 44.5 Å². The zero-order valence-electron chi connectivity index (χ0n) is 14.6. The summed E-state index contributed by atoms with van der Waals surface area (Å²) in [5.41, 5.74) is 0.412. The molecule has 1 rings (SSSR count). The molecular formula is C16H26N2O5S. The van der Waals surface area contributed by atoms with Crippen LogP contribution in [0.15, 0.2) is 24.3 Å². The molecule has 136 valence electrons. The SMILES string of the molecule is CCOCCCNC(=O)[C@H](C)N(c1ccc(OC)cc1)S(C)(=O)=O. The number of nitrogens with zero attached hydrogens (tertiary/aromatic N) is 1. The maximum Gasteiger partial charge on any atom is 0.243 e. The number of hydrogen-bond acceptors (Lipinski definition) is 5. The third-order valence-corrected chi connectivity index (χ3v) is 4.63. The molecule has 0 bridgehead atoms. The Hall–Kier alpha value is -1.80. The molecule has 1 atom stereocenters. The predicted molar refractivity (Wildman–Crippen MR) is 93.9 cm³/mol. The summed E-state index contributed by atoms with van der Waals surface area (Å²) in [4.78, 5) is 12.3. The van der Waals surface area contributed by atoms with Gasteiger partial charge in [0.05, 0.1) is 19.1 Å². The fourth-order valence-corrected chi connectivity index (χ4v) is 3.39. The van der Waals surface area contributed by atoms with Gasteiger partial charge in [0.1, 0.15) is 11.8 Å². The lowest BCUT2D eigenvalue weighted by molar-refractivity contribution is -0.121. The number of rotatable bonds is 10. The number of nitrogens with one attached hydrogen (secondary N) is 1. The maximum atomic E-state index is 12.3. The summed E-state index contributed by atoms with van der Waals surface area (Å²) in [6, 6.07) is 5.67. The van der Waals surface area contributed by atoms with Gasteiger partial charge >= 0.3 is 0 Å². The Kier molecular flexibility index (Phi) is 8.00. The average molecular weight is 358 g/mol. The molecule has 0 saturated carbocycles. The minimum absolute atomic E-state index is 0.354. The van der Waals surface area contributed by atoms with Gasteiger partial charge in [-0.15, -0.1) is 0 Å². The first-order valence-electron chi connectivity index (χ1n) is 7.80. The molecular weight excluding hydrogens is 332 g/mol. The Morgan fingerprint density at radius 2 is 1.92 bits per heavy atom. The van der Waals surface area contributed by atoms with Gasteiger partial charge in [0.15, 0.2) is 0 Å². The van der Waals surface area contributed by atoms with E-state index in [0.29, 0.717) is 37.6 Å². The Morgan fingerprint density at radius 3 is 2.42 bits per heavy atom. The van der Waals surface area contributed by atoms with Crippen molar-refractivity contribution in [2.45, 2.75) is 26.3 Å². The van der Waals surface area contributed by atoms with Crippen molar-refractivity contribution in [2.75, 3.05) is 37.4 Å². The molecule has 0 aliphatic carbocycles. The summed E-state index contributed by atoms with van der Waals surface area (Å²) in [7, 11) is -2.08. The molecule has 0 heterocycles. The topological polar surface area (TPSA) is 84.9 Å². The molecule has 0 aliphatic rings. The number of benzene rings is 1. The van der Waals surface area contributed by atoms with Crippen LogP contribution in [0.4, 0.5) is 5.69 Å². The van der Waals surface area contributed by atoms with E-state index in [0.717, 1.165) is 10.6 Å². The van der Waals surface area contributed by atoms with Crippen molar-refractivity contribution in [2.24, 2.45) is 0 Å². The summed E-state index contributed by atoms with van der Waals surface area (Å²) < 4.78 is 35.7. The van der Waals surface area contributed by atoms with E-state index in [-0.39, 0.29) is 5.91 Å². The predicted octanol–water partition coefficient (Wildman–Crippen LogP) is 1.39. The van der Waals surface area contributed by atoms with Gasteiger partial charge in [-0.25, -0.2) is 8.42 Å². The number of anilines is 1. The van der Waals surface area contributed by atoms with Crippen LogP contribution >= 0.6 is 0 Å². The lowest BCUT2D eigenvalue weighted by Gasteiger charge is -2.28. The van der Waals surface area contributed by atoms with Crippen molar-refractivity contribution in [3.8, 4) is 5.75 Å². The van der Waals surface area contributed by atoms with Crippen LogP contribution in [0, 0.1) is 0 Å². The number of hydrogen-bond donors (Lipinski definition) is 1. The van der Waals surface area contributed by atoms with Crippen LogP contribution in [-0.4, -0.2) is 53.5 Å². The largest absolute Gasteiger partial charge is 0.497 e. The molecule has 0 saturated heterocycles. The van der Waals surface area contributed by atoms with Crippen LogP contribution in [0.3, 0.4) is 0 Å². The van der Waals surface area contributed by atoms with Crippen LogP contribution in [0.1, 0.15) is 20.3 Å². The van der Waals surface area contributed by atoms with Gasteiger partial charge in [-0.1, -0.05) is 0 Å². The molecule has 0 unspecified atom stereocenters. The fraction of sp³-hybridized carbons (Fsp3) is 0.562. The maximum absolute atomic E-state index is 12.3. The highest BCUT2D eigenvalue weighted by Crippen LogP contribution is 2.23. The molecule has 1 N–H and O–H groups in total. The second-order valence-corrected chi connectivity index (χ2v) is 7.13. The minimum atomic E-state index is -3.61. The second-order valence-electron chi connectivity index (χ2n) is 5.27. The van der Waals surface area contributed by atoms with Crippen molar-refractivity contribution in [1.82, 2.24) is 5.32 Å². The summed E-state index contributed by atoms with van der Waals surface area (Å²) in [6.07, 6.45) is 1.75. The van der Waals surface area contributed by atoms with E-state index in [1.165, 1.54) is 7.11 Å². The zero-order chi connectivity index (χ0) is 18.2. The van der Waals surface area contributed by atoms with Crippen molar-refractivity contribution in [3.05, 3.63) is 24.3 Å². The van der Waals surface area contributed by atoms with Gasteiger partial charge < -0.3 is 14.8 Å². The van der Waals surface area contributed by atoms with E-state index in [1.807, 2.05) is 6.92 Å². The van der Waals surface area contributed by atoms with Crippen molar-refractivity contribution in [3.63, 3.8) is 0 Å². The zero-order valence-corrected chi connectivity index (χ0v) is 15.4. The minimum Gasteiger partial charge on any atom is -0.497 e. The summed E-state index contributed by atoms with van der Waals surface area (Å²) >= 11 is 0. The number of methoxy groups -OCH3 is 1. The fourth-order valence-electron chi connectivity index (χ4n) is 2.22. The first-order valence-corrected chi connectivity index (χ1v) is 9.65. The average Bonchev–Trinajstić information content (AvgIpc) is 2.54. The smallest absolute Gasteiger partial charge is 0.243 e. The first-order chi connectivity index (χ1) is 11.3. The highest BCUT2D eigenvalue weighted by molar-refractivity contribution is 7.92. The molecule has 1 aromatic rings. The summed E-state index contributed by atoms with van der Waals surface area (Å²) in [5, 5.41) is 2.74. The molecule has 0 radical (unpaired) electrons. The van der Waals surface area contributed by atoms with Gasteiger partial charge in [-0.3, -0.25) is 9.10 Å². The Balaban J connectivity index is 2.82. The van der Waals surface area contributed by atoms with Gasteiger partial charge in [-0.2, -0.15) is 0 Å². The Morgan fingerprint density at radius 1 is 1.29 bits per heavy atom. The van der Waals surface area contributed by atoms with Crippen LogP contribution in [0.5, 0.6) is 5.75 Å². The first kappa shape index (κ1) is 20.2. The number of sulfonamides is 1. The highest BCUT2D eigenvalue weighted by Gasteiger charge is 2.28. The van der Waals surface area contributed by atoms with E-state index >= 15 is 0 Å². The summed E-state index contributed by atoms with van der Waals surface area (Å²) in [5.74, 6) is 0.257. The monoisotopic (exact) mass is 358 g/mol. The van der Waals surface area contributed by atoms with E-state index in [1.54, 1.807) is 31.2 Å². The Bertz CT molecular complexity index is 616. The van der Waals surface area contributed by atoms with E-state index in [2.05, 4.69) is 5.32 Å². The molecule has 0 spiro atoms.